The maximum atomic E-state index is 13.4. The van der Waals surface area contributed by atoms with Crippen LogP contribution in [0.3, 0.4) is 0 Å². The van der Waals surface area contributed by atoms with E-state index in [4.69, 9.17) is 4.74 Å². The summed E-state index contributed by atoms with van der Waals surface area (Å²) in [5.74, 6) is -0.312. The molecular formula is C26H34BrFN2O3. The van der Waals surface area contributed by atoms with Gasteiger partial charge in [-0.05, 0) is 69.6 Å². The maximum absolute atomic E-state index is 13.4. The van der Waals surface area contributed by atoms with E-state index in [1.807, 2.05) is 32.0 Å². The third-order valence-electron chi connectivity index (χ3n) is 5.35. The van der Waals surface area contributed by atoms with Gasteiger partial charge in [-0.2, -0.15) is 0 Å². The summed E-state index contributed by atoms with van der Waals surface area (Å²) in [5, 5.41) is 2.88. The molecule has 0 aromatic heterocycles. The number of carbonyl (C=O) groups is 2. The van der Waals surface area contributed by atoms with E-state index < -0.39 is 6.04 Å². The Kier molecular flexibility index (Phi) is 9.89. The average molecular weight is 521 g/mol. The Hall–Kier alpha value is -2.41. The van der Waals surface area contributed by atoms with Crippen molar-refractivity contribution in [1.29, 1.82) is 0 Å². The number of nitrogens with one attached hydrogen (secondary N) is 1. The van der Waals surface area contributed by atoms with Crippen LogP contribution in [0.25, 0.3) is 0 Å². The Labute approximate surface area is 204 Å². The first kappa shape index (κ1) is 26.8. The number of ether oxygens (including phenoxy) is 1. The zero-order valence-electron chi connectivity index (χ0n) is 20.1. The van der Waals surface area contributed by atoms with Crippen molar-refractivity contribution in [2.45, 2.75) is 65.5 Å². The standard InChI is InChI=1S/C26H34BrFN2O3/c1-6-14-29-25(32)22(7-2)30(16-18-8-11-20(28)12-9-18)24(31)17-33-23-13-10-19(15-21(23)27)26(3,4)5/h8-13,15,22H,6-7,14,16-17H2,1-5H3,(H,29,32). The summed E-state index contributed by atoms with van der Waals surface area (Å²) in [5.41, 5.74) is 1.87. The van der Waals surface area contributed by atoms with Crippen molar-refractivity contribution >= 4 is 27.7 Å². The van der Waals surface area contributed by atoms with Crippen molar-refractivity contribution in [3.63, 3.8) is 0 Å². The first-order chi connectivity index (χ1) is 15.6. The maximum Gasteiger partial charge on any atom is 0.261 e. The van der Waals surface area contributed by atoms with Crippen LogP contribution >= 0.6 is 15.9 Å². The number of carbonyl (C=O) groups excluding carboxylic acids is 2. The molecule has 5 nitrogen and oxygen atoms in total. The molecule has 7 heteroatoms. The molecule has 0 aliphatic rings. The highest BCUT2D eigenvalue weighted by Gasteiger charge is 2.29. The molecule has 0 spiro atoms. The minimum Gasteiger partial charge on any atom is -0.483 e. The highest BCUT2D eigenvalue weighted by molar-refractivity contribution is 9.10. The highest BCUT2D eigenvalue weighted by atomic mass is 79.9. The minimum atomic E-state index is -0.649. The van der Waals surface area contributed by atoms with Gasteiger partial charge in [0.25, 0.3) is 5.91 Å². The van der Waals surface area contributed by atoms with Crippen molar-refractivity contribution in [3.8, 4) is 5.75 Å². The molecule has 0 aliphatic heterocycles. The van der Waals surface area contributed by atoms with Gasteiger partial charge in [0.05, 0.1) is 4.47 Å². The van der Waals surface area contributed by atoms with Gasteiger partial charge in [0.1, 0.15) is 17.6 Å². The van der Waals surface area contributed by atoms with E-state index in [-0.39, 0.29) is 36.2 Å². The normalized spacial score (nSPS) is 12.2. The van der Waals surface area contributed by atoms with E-state index in [9.17, 15) is 14.0 Å². The van der Waals surface area contributed by atoms with Crippen molar-refractivity contribution in [2.75, 3.05) is 13.2 Å². The van der Waals surface area contributed by atoms with Crippen molar-refractivity contribution in [1.82, 2.24) is 10.2 Å². The topological polar surface area (TPSA) is 58.6 Å². The van der Waals surface area contributed by atoms with Crippen LogP contribution in [-0.4, -0.2) is 35.9 Å². The van der Waals surface area contributed by atoms with Gasteiger partial charge in [0, 0.05) is 13.1 Å². The van der Waals surface area contributed by atoms with Crippen LogP contribution in [0.4, 0.5) is 4.39 Å². The lowest BCUT2D eigenvalue weighted by Gasteiger charge is -2.30. The van der Waals surface area contributed by atoms with E-state index in [1.165, 1.54) is 17.0 Å². The Morgan fingerprint density at radius 1 is 1.12 bits per heavy atom. The van der Waals surface area contributed by atoms with Gasteiger partial charge < -0.3 is 15.0 Å². The first-order valence-corrected chi connectivity index (χ1v) is 12.1. The smallest absolute Gasteiger partial charge is 0.261 e. The molecule has 1 atom stereocenters. The number of hydrogen-bond donors (Lipinski definition) is 1. The van der Waals surface area contributed by atoms with Crippen LogP contribution < -0.4 is 10.1 Å². The number of nitrogens with zero attached hydrogens (tertiary/aromatic N) is 1. The van der Waals surface area contributed by atoms with E-state index >= 15 is 0 Å². The quantitative estimate of drug-likeness (QED) is 0.443. The lowest BCUT2D eigenvalue weighted by Crippen LogP contribution is -2.50. The SMILES string of the molecule is CCCNC(=O)C(CC)N(Cc1ccc(F)cc1)C(=O)COc1ccc(C(C)(C)C)cc1Br. The number of halogens is 2. The van der Waals surface area contributed by atoms with Crippen molar-refractivity contribution in [3.05, 3.63) is 63.9 Å². The molecular weight excluding hydrogens is 487 g/mol. The van der Waals surface area contributed by atoms with E-state index in [0.29, 0.717) is 18.7 Å². The molecule has 0 heterocycles. The first-order valence-electron chi connectivity index (χ1n) is 11.3. The van der Waals surface area contributed by atoms with Crippen molar-refractivity contribution in [2.24, 2.45) is 0 Å². The van der Waals surface area contributed by atoms with E-state index in [1.54, 1.807) is 12.1 Å². The molecule has 2 aromatic rings. The van der Waals surface area contributed by atoms with Crippen LogP contribution in [0.1, 0.15) is 58.6 Å². The monoisotopic (exact) mass is 520 g/mol. The van der Waals surface area contributed by atoms with Crippen LogP contribution in [0, 0.1) is 5.82 Å². The van der Waals surface area contributed by atoms with Crippen molar-refractivity contribution < 1.29 is 18.7 Å². The lowest BCUT2D eigenvalue weighted by molar-refractivity contribution is -0.143. The Bertz CT molecular complexity index is 942. The molecule has 0 saturated carbocycles. The summed E-state index contributed by atoms with van der Waals surface area (Å²) < 4.78 is 19.9. The second kappa shape index (κ2) is 12.2. The van der Waals surface area contributed by atoms with Gasteiger partial charge in [0.2, 0.25) is 5.91 Å². The summed E-state index contributed by atoms with van der Waals surface area (Å²) >= 11 is 3.53. The molecule has 180 valence electrons. The number of rotatable bonds is 10. The Morgan fingerprint density at radius 3 is 2.33 bits per heavy atom. The van der Waals surface area contributed by atoms with Crippen LogP contribution in [0.15, 0.2) is 46.9 Å². The molecule has 1 N–H and O–H groups in total. The summed E-state index contributed by atoms with van der Waals surface area (Å²) in [4.78, 5) is 27.5. The molecule has 2 amide bonds. The molecule has 0 saturated heterocycles. The van der Waals surface area contributed by atoms with E-state index in [0.717, 1.165) is 22.0 Å². The molecule has 0 aliphatic carbocycles. The van der Waals surface area contributed by atoms with Gasteiger partial charge in [-0.3, -0.25) is 9.59 Å². The Balaban J connectivity index is 2.21. The molecule has 0 fully saturated rings. The second-order valence-corrected chi connectivity index (χ2v) is 9.90. The number of benzene rings is 2. The molecule has 33 heavy (non-hydrogen) atoms. The largest absolute Gasteiger partial charge is 0.483 e. The van der Waals surface area contributed by atoms with E-state index in [2.05, 4.69) is 42.0 Å². The predicted octanol–water partition coefficient (Wildman–Crippen LogP) is 5.60. The third-order valence-corrected chi connectivity index (χ3v) is 5.97. The highest BCUT2D eigenvalue weighted by Crippen LogP contribution is 2.31. The molecule has 2 aromatic carbocycles. The fourth-order valence-corrected chi connectivity index (χ4v) is 3.87. The van der Waals surface area contributed by atoms with Gasteiger partial charge in [0.15, 0.2) is 6.61 Å². The Morgan fingerprint density at radius 2 is 1.79 bits per heavy atom. The molecule has 1 unspecified atom stereocenters. The van der Waals surface area contributed by atoms with Crippen LogP contribution in [0.2, 0.25) is 0 Å². The fraction of sp³-hybridized carbons (Fsp3) is 0.462. The van der Waals surface area contributed by atoms with Gasteiger partial charge in [-0.1, -0.05) is 52.8 Å². The fourth-order valence-electron chi connectivity index (χ4n) is 3.38. The van der Waals surface area contributed by atoms with Gasteiger partial charge in [-0.15, -0.1) is 0 Å². The molecule has 2 rings (SSSR count). The average Bonchev–Trinajstić information content (AvgIpc) is 2.77. The zero-order valence-corrected chi connectivity index (χ0v) is 21.7. The van der Waals surface area contributed by atoms with Crippen LogP contribution in [0.5, 0.6) is 5.75 Å². The summed E-state index contributed by atoms with van der Waals surface area (Å²) in [6.07, 6.45) is 1.25. The predicted molar refractivity (Wildman–Crippen MR) is 133 cm³/mol. The summed E-state index contributed by atoms with van der Waals surface area (Å²) in [6, 6.07) is 11.1. The lowest BCUT2D eigenvalue weighted by atomic mass is 9.87. The molecule has 0 radical (unpaired) electrons. The third kappa shape index (κ3) is 7.84. The number of hydrogen-bond acceptors (Lipinski definition) is 3. The van der Waals surface area contributed by atoms with Gasteiger partial charge >= 0.3 is 0 Å². The minimum absolute atomic E-state index is 0.0109. The summed E-state index contributed by atoms with van der Waals surface area (Å²) in [7, 11) is 0. The van der Waals surface area contributed by atoms with Crippen LogP contribution in [-0.2, 0) is 21.5 Å². The summed E-state index contributed by atoms with van der Waals surface area (Å²) in [6.45, 7) is 10.7. The van der Waals surface area contributed by atoms with Gasteiger partial charge in [-0.25, -0.2) is 4.39 Å². The second-order valence-electron chi connectivity index (χ2n) is 9.05. The zero-order chi connectivity index (χ0) is 24.6. The number of amides is 2. The molecule has 0 bridgehead atoms.